The second-order valence-corrected chi connectivity index (χ2v) is 4.60. The molecule has 1 aromatic carbocycles. The van der Waals surface area contributed by atoms with Crippen molar-refractivity contribution in [1.82, 2.24) is 9.55 Å². The van der Waals surface area contributed by atoms with Gasteiger partial charge in [-0.2, -0.15) is 13.2 Å². The Morgan fingerprint density at radius 1 is 1.48 bits per heavy atom. The van der Waals surface area contributed by atoms with E-state index in [0.717, 1.165) is 4.57 Å². The van der Waals surface area contributed by atoms with Crippen LogP contribution in [-0.4, -0.2) is 33.8 Å². The Kier molecular flexibility index (Phi) is 3.91. The normalized spacial score (nSPS) is 13.6. The van der Waals surface area contributed by atoms with E-state index >= 15 is 0 Å². The zero-order chi connectivity index (χ0) is 15.8. The lowest BCUT2D eigenvalue weighted by atomic mass is 10.2. The van der Waals surface area contributed by atoms with Gasteiger partial charge in [0.05, 0.1) is 29.2 Å². The molecule has 0 aliphatic heterocycles. The molecule has 2 aromatic rings. The highest BCUT2D eigenvalue weighted by molar-refractivity contribution is 5.92. The molecule has 1 aromatic heterocycles. The topological polar surface area (TPSA) is 64.4 Å². The van der Waals surface area contributed by atoms with Crippen LogP contribution in [0.4, 0.5) is 13.2 Å². The van der Waals surface area contributed by atoms with Crippen molar-refractivity contribution in [3.05, 3.63) is 29.6 Å². The van der Waals surface area contributed by atoms with E-state index in [1.54, 1.807) is 6.92 Å². The van der Waals surface area contributed by atoms with Crippen molar-refractivity contribution in [2.24, 2.45) is 0 Å². The Bertz CT molecular complexity index is 679. The number of alkyl halides is 3. The number of carbonyl (C=O) groups is 1. The molecular weight excluding hydrogens is 289 g/mol. The third-order valence-corrected chi connectivity index (χ3v) is 3.09. The molecule has 0 spiro atoms. The van der Waals surface area contributed by atoms with Gasteiger partial charge in [-0.1, -0.05) is 0 Å². The fourth-order valence-corrected chi connectivity index (χ4v) is 1.99. The Morgan fingerprint density at radius 3 is 2.67 bits per heavy atom. The Balaban J connectivity index is 2.67. The lowest BCUT2D eigenvalue weighted by molar-refractivity contribution is -0.147. The van der Waals surface area contributed by atoms with E-state index in [-0.39, 0.29) is 23.1 Å². The second kappa shape index (κ2) is 5.36. The van der Waals surface area contributed by atoms with Gasteiger partial charge in [-0.3, -0.25) is 0 Å². The summed E-state index contributed by atoms with van der Waals surface area (Å²) in [6.45, 7) is 1.54. The smallest absolute Gasteiger partial charge is 0.449 e. The van der Waals surface area contributed by atoms with Gasteiger partial charge in [-0.05, 0) is 25.1 Å². The molecule has 0 fully saturated rings. The summed E-state index contributed by atoms with van der Waals surface area (Å²) >= 11 is 0. The molecule has 0 saturated heterocycles. The molecule has 0 amide bonds. The lowest BCUT2D eigenvalue weighted by Gasteiger charge is -2.15. The van der Waals surface area contributed by atoms with Crippen molar-refractivity contribution in [3.63, 3.8) is 0 Å². The first-order valence-electron chi connectivity index (χ1n) is 6.07. The molecular formula is C13H13F3N2O3. The van der Waals surface area contributed by atoms with Gasteiger partial charge in [0.25, 0.3) is 0 Å². The number of rotatable bonds is 4. The van der Waals surface area contributed by atoms with Crippen molar-refractivity contribution in [2.45, 2.75) is 25.7 Å². The zero-order valence-electron chi connectivity index (χ0n) is 11.3. The molecule has 1 N–H and O–H groups in total. The number of aromatic nitrogens is 2. The summed E-state index contributed by atoms with van der Waals surface area (Å²) in [6, 6.07) is 3.67. The van der Waals surface area contributed by atoms with Crippen LogP contribution in [0.2, 0.25) is 0 Å². The minimum absolute atomic E-state index is 0.0785. The molecule has 114 valence electrons. The molecule has 0 saturated carbocycles. The molecule has 0 bridgehead atoms. The molecule has 0 radical (unpaired) electrons. The standard InChI is InChI=1S/C13H13F3N2O3/c1-7(21-2)6-18-10-5-8(11(19)20)3-4-9(10)17-12(18)13(14,15)16/h3-5,7H,6H2,1-2H3,(H,19,20). The van der Waals surface area contributed by atoms with Gasteiger partial charge >= 0.3 is 12.1 Å². The summed E-state index contributed by atoms with van der Waals surface area (Å²) in [5, 5.41) is 8.95. The fourth-order valence-electron chi connectivity index (χ4n) is 1.99. The van der Waals surface area contributed by atoms with E-state index in [1.807, 2.05) is 0 Å². The van der Waals surface area contributed by atoms with Crippen LogP contribution in [0.3, 0.4) is 0 Å². The molecule has 0 aliphatic rings. The van der Waals surface area contributed by atoms with Crippen LogP contribution in [-0.2, 0) is 17.5 Å². The highest BCUT2D eigenvalue weighted by Gasteiger charge is 2.38. The molecule has 1 unspecified atom stereocenters. The highest BCUT2D eigenvalue weighted by Crippen LogP contribution is 2.32. The van der Waals surface area contributed by atoms with Crippen molar-refractivity contribution in [2.75, 3.05) is 7.11 Å². The van der Waals surface area contributed by atoms with E-state index in [9.17, 15) is 18.0 Å². The minimum Gasteiger partial charge on any atom is -0.478 e. The number of benzene rings is 1. The highest BCUT2D eigenvalue weighted by atomic mass is 19.4. The number of carboxylic acid groups (broad SMARTS) is 1. The number of hydrogen-bond donors (Lipinski definition) is 1. The molecule has 1 atom stereocenters. The van der Waals surface area contributed by atoms with Crippen LogP contribution in [0.15, 0.2) is 18.2 Å². The van der Waals surface area contributed by atoms with Gasteiger partial charge < -0.3 is 14.4 Å². The number of carboxylic acids is 1. The molecule has 0 aliphatic carbocycles. The second-order valence-electron chi connectivity index (χ2n) is 4.60. The first-order valence-corrected chi connectivity index (χ1v) is 6.07. The molecule has 2 rings (SSSR count). The van der Waals surface area contributed by atoms with Crippen LogP contribution >= 0.6 is 0 Å². The summed E-state index contributed by atoms with van der Waals surface area (Å²) in [7, 11) is 1.39. The average Bonchev–Trinajstić information content (AvgIpc) is 2.76. The Morgan fingerprint density at radius 2 is 2.14 bits per heavy atom. The van der Waals surface area contributed by atoms with Crippen LogP contribution < -0.4 is 0 Å². The predicted octanol–water partition coefficient (Wildman–Crippen LogP) is 2.79. The molecule has 5 nitrogen and oxygen atoms in total. The van der Waals surface area contributed by atoms with E-state index in [0.29, 0.717) is 0 Å². The number of methoxy groups -OCH3 is 1. The molecule has 8 heteroatoms. The maximum Gasteiger partial charge on any atom is 0.449 e. The molecule has 1 heterocycles. The number of imidazole rings is 1. The SMILES string of the molecule is COC(C)Cn1c(C(F)(F)F)nc2ccc(C(=O)O)cc21. The van der Waals surface area contributed by atoms with E-state index < -0.39 is 24.1 Å². The van der Waals surface area contributed by atoms with Crippen molar-refractivity contribution < 1.29 is 27.8 Å². The monoisotopic (exact) mass is 302 g/mol. The molecule has 21 heavy (non-hydrogen) atoms. The number of fused-ring (bicyclic) bond motifs is 1. The van der Waals surface area contributed by atoms with Gasteiger partial charge in [-0.25, -0.2) is 9.78 Å². The summed E-state index contributed by atoms with van der Waals surface area (Å²) in [5.74, 6) is -2.28. The first kappa shape index (κ1) is 15.3. The van der Waals surface area contributed by atoms with Gasteiger partial charge in [0.1, 0.15) is 0 Å². The quantitative estimate of drug-likeness (QED) is 0.943. The number of aromatic carboxylic acids is 1. The van der Waals surface area contributed by atoms with E-state index in [1.165, 1.54) is 25.3 Å². The summed E-state index contributed by atoms with van der Waals surface area (Å²) in [5.41, 5.74) is 0.115. The fraction of sp³-hybridized carbons (Fsp3) is 0.385. The van der Waals surface area contributed by atoms with Crippen molar-refractivity contribution >= 4 is 17.0 Å². The third kappa shape index (κ3) is 2.99. The van der Waals surface area contributed by atoms with E-state index in [4.69, 9.17) is 9.84 Å². The summed E-state index contributed by atoms with van der Waals surface area (Å²) in [4.78, 5) is 14.5. The van der Waals surface area contributed by atoms with Crippen LogP contribution in [0, 0.1) is 0 Å². The lowest BCUT2D eigenvalue weighted by Crippen LogP contribution is -2.21. The van der Waals surface area contributed by atoms with Crippen LogP contribution in [0.25, 0.3) is 11.0 Å². The number of halogens is 3. The third-order valence-electron chi connectivity index (χ3n) is 3.09. The van der Waals surface area contributed by atoms with Crippen molar-refractivity contribution in [3.8, 4) is 0 Å². The van der Waals surface area contributed by atoms with Gasteiger partial charge in [-0.15, -0.1) is 0 Å². The maximum atomic E-state index is 13.1. The van der Waals surface area contributed by atoms with Crippen molar-refractivity contribution in [1.29, 1.82) is 0 Å². The summed E-state index contributed by atoms with van der Waals surface area (Å²) in [6.07, 6.45) is -5.10. The summed E-state index contributed by atoms with van der Waals surface area (Å²) < 4.78 is 45.1. The minimum atomic E-state index is -4.63. The van der Waals surface area contributed by atoms with Crippen LogP contribution in [0.5, 0.6) is 0 Å². The van der Waals surface area contributed by atoms with Crippen LogP contribution in [0.1, 0.15) is 23.1 Å². The number of ether oxygens (including phenoxy) is 1. The number of hydrogen-bond acceptors (Lipinski definition) is 3. The number of nitrogens with zero attached hydrogens (tertiary/aromatic N) is 2. The van der Waals surface area contributed by atoms with Gasteiger partial charge in [0.15, 0.2) is 0 Å². The largest absolute Gasteiger partial charge is 0.478 e. The maximum absolute atomic E-state index is 13.1. The van der Waals surface area contributed by atoms with Gasteiger partial charge in [0.2, 0.25) is 5.82 Å². The van der Waals surface area contributed by atoms with E-state index in [2.05, 4.69) is 4.98 Å². The Labute approximate surface area is 118 Å². The zero-order valence-corrected chi connectivity index (χ0v) is 11.3. The Hall–Kier alpha value is -2.09. The first-order chi connectivity index (χ1) is 9.74. The van der Waals surface area contributed by atoms with Gasteiger partial charge in [0, 0.05) is 7.11 Å². The average molecular weight is 302 g/mol. The predicted molar refractivity (Wildman–Crippen MR) is 68.2 cm³/mol.